The number of nitrogen functional groups attached to an aromatic ring is 2. The van der Waals surface area contributed by atoms with Gasteiger partial charge in [0.25, 0.3) is 0 Å². The third-order valence-electron chi connectivity index (χ3n) is 13.6. The van der Waals surface area contributed by atoms with Crippen molar-refractivity contribution >= 4 is 167 Å². The first-order chi connectivity index (χ1) is 36.1. The molecule has 0 spiro atoms. The minimum absolute atomic E-state index is 0.500. The SMILES string of the molecule is N#Cc1cc(-c2cc3c4ccccc4oc3c3ccccc23)c(N)c(-c2cc3c4ccccc4oc3c3ccccc23)c1.N#Cc1cc(I)c(N)c(I)c1.OB(O)c1cc2c3ccccc3oc2c2ccccc12. The summed E-state index contributed by atoms with van der Waals surface area (Å²) in [5, 5.41) is 49.8. The van der Waals surface area contributed by atoms with Crippen LogP contribution in [0.15, 0.2) is 201 Å². The molecule has 74 heavy (non-hydrogen) atoms. The molecule has 6 N–H and O–H groups in total. The Hall–Kier alpha value is -8.38. The van der Waals surface area contributed by atoms with Crippen molar-refractivity contribution in [3.8, 4) is 34.4 Å². The number of nitrogens with two attached hydrogens (primary N) is 2. The minimum Gasteiger partial charge on any atom is -0.455 e. The lowest BCUT2D eigenvalue weighted by atomic mass is 9.76. The van der Waals surface area contributed by atoms with Gasteiger partial charge < -0.3 is 34.8 Å². The lowest BCUT2D eigenvalue weighted by molar-refractivity contribution is 0.426. The van der Waals surface area contributed by atoms with Crippen LogP contribution < -0.4 is 16.9 Å². The van der Waals surface area contributed by atoms with Crippen LogP contribution in [0, 0.1) is 29.8 Å². The highest BCUT2D eigenvalue weighted by Gasteiger charge is 2.23. The van der Waals surface area contributed by atoms with Gasteiger partial charge in [0.15, 0.2) is 0 Å². The average molecular weight is 1180 g/mol. The van der Waals surface area contributed by atoms with Gasteiger partial charge in [0.05, 0.1) is 29.0 Å². The molecule has 0 saturated carbocycles. The summed E-state index contributed by atoms with van der Waals surface area (Å²) < 4.78 is 20.5. The summed E-state index contributed by atoms with van der Waals surface area (Å²) in [5.41, 5.74) is 24.4. The molecule has 9 nitrogen and oxygen atoms in total. The Kier molecular flexibility index (Phi) is 11.9. The third kappa shape index (κ3) is 7.91. The van der Waals surface area contributed by atoms with Crippen LogP contribution in [-0.2, 0) is 0 Å². The van der Waals surface area contributed by atoms with Crippen LogP contribution in [0.3, 0.4) is 0 Å². The Balaban J connectivity index is 0.000000147. The zero-order valence-corrected chi connectivity index (χ0v) is 43.2. The lowest BCUT2D eigenvalue weighted by Gasteiger charge is -2.17. The second-order valence-electron chi connectivity index (χ2n) is 17.8. The number of halogens is 2. The molecule has 0 aliphatic carbocycles. The molecule has 0 saturated heterocycles. The molecule has 3 heterocycles. The molecule has 12 heteroatoms. The highest BCUT2D eigenvalue weighted by molar-refractivity contribution is 14.1. The number of fused-ring (bicyclic) bond motifs is 15. The zero-order valence-electron chi connectivity index (χ0n) is 38.9. The highest BCUT2D eigenvalue weighted by Crippen LogP contribution is 2.47. The molecule has 0 aliphatic heterocycles. The van der Waals surface area contributed by atoms with E-state index < -0.39 is 7.12 Å². The molecule has 0 atom stereocenters. The molecule has 11 aromatic carbocycles. The largest absolute Gasteiger partial charge is 0.489 e. The van der Waals surface area contributed by atoms with E-state index in [1.165, 1.54) is 0 Å². The van der Waals surface area contributed by atoms with Crippen molar-refractivity contribution in [2.24, 2.45) is 0 Å². The highest BCUT2D eigenvalue weighted by atomic mass is 127. The second kappa shape index (κ2) is 18.9. The van der Waals surface area contributed by atoms with E-state index in [0.29, 0.717) is 22.3 Å². The molecule has 0 unspecified atom stereocenters. The van der Waals surface area contributed by atoms with E-state index in [2.05, 4.69) is 106 Å². The Morgan fingerprint density at radius 1 is 0.365 bits per heavy atom. The number of rotatable bonds is 3. The van der Waals surface area contributed by atoms with E-state index in [1.54, 1.807) is 18.2 Å². The topological polar surface area (TPSA) is 180 Å². The van der Waals surface area contributed by atoms with Gasteiger partial charge in [-0.1, -0.05) is 133 Å². The number of para-hydroxylation sites is 3. The minimum atomic E-state index is -1.50. The average Bonchev–Trinajstić information content (AvgIpc) is 4.14. The zero-order chi connectivity index (χ0) is 50.8. The molecule has 14 rings (SSSR count). The van der Waals surface area contributed by atoms with E-state index in [-0.39, 0.29) is 0 Å². The van der Waals surface area contributed by atoms with Crippen molar-refractivity contribution in [3.63, 3.8) is 0 Å². The number of anilines is 2. The summed E-state index contributed by atoms with van der Waals surface area (Å²) in [4.78, 5) is 0. The Bertz CT molecular complexity index is 4500. The molecule has 0 bridgehead atoms. The van der Waals surface area contributed by atoms with Crippen LogP contribution in [0.1, 0.15) is 11.1 Å². The van der Waals surface area contributed by atoms with Gasteiger partial charge in [-0.25, -0.2) is 0 Å². The van der Waals surface area contributed by atoms with Gasteiger partial charge in [-0.3, -0.25) is 0 Å². The number of nitrogens with zero attached hydrogens (tertiary/aromatic N) is 2. The molecule has 0 radical (unpaired) electrons. The number of furan rings is 3. The Morgan fingerprint density at radius 3 is 1.08 bits per heavy atom. The molecule has 0 amide bonds. The van der Waals surface area contributed by atoms with Gasteiger partial charge >= 0.3 is 7.12 Å². The summed E-state index contributed by atoms with van der Waals surface area (Å²) in [6.07, 6.45) is 0. The van der Waals surface area contributed by atoms with Gasteiger partial charge in [-0.05, 0) is 133 Å². The summed E-state index contributed by atoms with van der Waals surface area (Å²) in [6.45, 7) is 0. The van der Waals surface area contributed by atoms with Crippen LogP contribution in [0.5, 0.6) is 0 Å². The second-order valence-corrected chi connectivity index (χ2v) is 20.1. The summed E-state index contributed by atoms with van der Waals surface area (Å²) in [7, 11) is -1.50. The quantitative estimate of drug-likeness (QED) is 0.0761. The van der Waals surface area contributed by atoms with E-state index >= 15 is 0 Å². The fourth-order valence-corrected chi connectivity index (χ4v) is 11.9. The molecule has 0 aliphatic rings. The summed E-state index contributed by atoms with van der Waals surface area (Å²) in [5.74, 6) is 0. The van der Waals surface area contributed by atoms with Crippen LogP contribution in [0.2, 0.25) is 0 Å². The third-order valence-corrected chi connectivity index (χ3v) is 15.3. The van der Waals surface area contributed by atoms with Gasteiger partial charge in [-0.15, -0.1) is 0 Å². The van der Waals surface area contributed by atoms with Crippen molar-refractivity contribution in [1.82, 2.24) is 0 Å². The van der Waals surface area contributed by atoms with Crippen molar-refractivity contribution in [2.75, 3.05) is 11.5 Å². The number of benzene rings is 11. The van der Waals surface area contributed by atoms with Gasteiger partial charge in [0.1, 0.15) is 33.5 Å². The molecule has 14 aromatic rings. The fraction of sp³-hybridized carbons (Fsp3) is 0. The standard InChI is InChI=1S/C39H22N2O2.C16H11BO3.C7H4I2N2/c40-21-22-17-31(29-19-33-25-11-5-7-15-35(25)42-38(33)27-13-3-1-9-23(27)29)37(41)32(18-22)30-20-34-26-12-6-8-16-36(26)43-39(34)28-14-4-2-10-24(28)30;18-17(19)14-9-13-11-6-3-4-8-15(11)20-16(13)12-7-2-1-5-10(12)14;8-5-1-4(3-10)2-6(9)7(5)11/h1-20H,41H2;1-9,18-19H;1-2H,11H2. The predicted octanol–water partition coefficient (Wildman–Crippen LogP) is 15.3. The first-order valence-corrected chi connectivity index (χ1v) is 25.6. The van der Waals surface area contributed by atoms with Crippen LogP contribution >= 0.6 is 45.2 Å². The van der Waals surface area contributed by atoms with Crippen LogP contribution in [0.25, 0.3) is 120 Å². The molecular formula is C62H37BI2N4O5. The molecule has 0 fully saturated rings. The van der Waals surface area contributed by atoms with Crippen molar-refractivity contribution in [3.05, 3.63) is 206 Å². The monoisotopic (exact) mass is 1180 g/mol. The van der Waals surface area contributed by atoms with E-state index in [4.69, 9.17) is 30.0 Å². The van der Waals surface area contributed by atoms with E-state index in [0.717, 1.165) is 133 Å². The fourth-order valence-electron chi connectivity index (χ4n) is 10.1. The normalized spacial score (nSPS) is 11.3. The maximum atomic E-state index is 10.2. The summed E-state index contributed by atoms with van der Waals surface area (Å²) in [6, 6.07) is 65.9. The molecule has 352 valence electrons. The number of hydrogen-bond acceptors (Lipinski definition) is 9. The Morgan fingerprint density at radius 2 is 0.689 bits per heavy atom. The molecular weight excluding hydrogens is 1150 g/mol. The predicted molar refractivity (Wildman–Crippen MR) is 318 cm³/mol. The smallest absolute Gasteiger partial charge is 0.455 e. The Labute approximate surface area is 449 Å². The van der Waals surface area contributed by atoms with Crippen LogP contribution in [-0.4, -0.2) is 17.2 Å². The number of hydrogen-bond donors (Lipinski definition) is 4. The lowest BCUT2D eigenvalue weighted by Crippen LogP contribution is -2.30. The van der Waals surface area contributed by atoms with E-state index in [9.17, 15) is 15.3 Å². The van der Waals surface area contributed by atoms with Gasteiger partial charge in [0.2, 0.25) is 0 Å². The van der Waals surface area contributed by atoms with Crippen molar-refractivity contribution in [1.29, 1.82) is 10.5 Å². The van der Waals surface area contributed by atoms with Gasteiger partial charge in [-0.2, -0.15) is 10.5 Å². The van der Waals surface area contributed by atoms with E-state index in [1.807, 2.05) is 121 Å². The maximum Gasteiger partial charge on any atom is 0.489 e. The maximum absolute atomic E-state index is 10.2. The van der Waals surface area contributed by atoms with Crippen molar-refractivity contribution < 1.29 is 23.3 Å². The van der Waals surface area contributed by atoms with Crippen LogP contribution in [0.4, 0.5) is 11.4 Å². The molecule has 3 aromatic heterocycles. The first-order valence-electron chi connectivity index (χ1n) is 23.4. The first kappa shape index (κ1) is 46.7. The van der Waals surface area contributed by atoms with Crippen molar-refractivity contribution in [2.45, 2.75) is 0 Å². The van der Waals surface area contributed by atoms with Gasteiger partial charge in [0, 0.05) is 72.4 Å². The number of nitriles is 2. The summed E-state index contributed by atoms with van der Waals surface area (Å²) >= 11 is 4.24.